The molecule has 1 amide bonds. The Hall–Kier alpha value is -2.28. The number of aliphatic hydroxyl groups is 1. The van der Waals surface area contributed by atoms with Gasteiger partial charge in [0.15, 0.2) is 0 Å². The van der Waals surface area contributed by atoms with Crippen molar-refractivity contribution in [2.45, 2.75) is 26.1 Å². The van der Waals surface area contributed by atoms with E-state index >= 15 is 0 Å². The summed E-state index contributed by atoms with van der Waals surface area (Å²) in [5.41, 5.74) is 1.22. The fourth-order valence-corrected chi connectivity index (χ4v) is 2.28. The molecule has 23 heavy (non-hydrogen) atoms. The number of aromatic nitrogens is 1. The molecule has 0 saturated carbocycles. The van der Waals surface area contributed by atoms with Crippen LogP contribution in [0.4, 0.5) is 13.2 Å². The van der Waals surface area contributed by atoms with Crippen LogP contribution in [0.2, 0.25) is 0 Å². The van der Waals surface area contributed by atoms with Gasteiger partial charge in [0.05, 0.1) is 11.7 Å². The molecule has 124 valence electrons. The standard InChI is InChI=1S/C16H17F3N2O2/c1-9-6-10(2)21-14(9)15(23)20-8-13(22)11-4-3-5-12(7-11)16(17,18)19/h3-7,13,21-22H,8H2,1-2H3,(H,20,23). The molecule has 1 aromatic carbocycles. The summed E-state index contributed by atoms with van der Waals surface area (Å²) in [6.45, 7) is 3.39. The fraction of sp³-hybridized carbons (Fsp3) is 0.312. The molecule has 0 radical (unpaired) electrons. The first-order valence-corrected chi connectivity index (χ1v) is 6.98. The lowest BCUT2D eigenvalue weighted by atomic mass is 10.1. The van der Waals surface area contributed by atoms with Crippen molar-refractivity contribution in [3.05, 3.63) is 58.4 Å². The normalized spacial score (nSPS) is 13.0. The lowest BCUT2D eigenvalue weighted by Gasteiger charge is -2.14. The van der Waals surface area contributed by atoms with Crippen LogP contribution >= 0.6 is 0 Å². The first-order valence-electron chi connectivity index (χ1n) is 6.98. The minimum absolute atomic E-state index is 0.0968. The highest BCUT2D eigenvalue weighted by atomic mass is 19.4. The van der Waals surface area contributed by atoms with Crippen molar-refractivity contribution in [3.8, 4) is 0 Å². The number of amides is 1. The molecular formula is C16H17F3N2O2. The van der Waals surface area contributed by atoms with Gasteiger partial charge >= 0.3 is 6.18 Å². The van der Waals surface area contributed by atoms with Gasteiger partial charge in [-0.1, -0.05) is 12.1 Å². The number of nitrogens with one attached hydrogen (secondary N) is 2. The molecule has 0 spiro atoms. The number of rotatable bonds is 4. The Morgan fingerprint density at radius 2 is 2.00 bits per heavy atom. The van der Waals surface area contributed by atoms with Crippen LogP contribution in [0, 0.1) is 13.8 Å². The van der Waals surface area contributed by atoms with Gasteiger partial charge in [0.2, 0.25) is 0 Å². The van der Waals surface area contributed by atoms with Crippen molar-refractivity contribution in [2.24, 2.45) is 0 Å². The highest BCUT2D eigenvalue weighted by Gasteiger charge is 2.30. The van der Waals surface area contributed by atoms with Crippen LogP contribution in [0.15, 0.2) is 30.3 Å². The summed E-state index contributed by atoms with van der Waals surface area (Å²) in [4.78, 5) is 14.9. The maximum absolute atomic E-state index is 12.7. The average molecular weight is 326 g/mol. The van der Waals surface area contributed by atoms with Gasteiger partial charge in [-0.15, -0.1) is 0 Å². The minimum atomic E-state index is -4.47. The number of aryl methyl sites for hydroxylation is 2. The third-order valence-corrected chi connectivity index (χ3v) is 3.43. The van der Waals surface area contributed by atoms with Crippen molar-refractivity contribution in [2.75, 3.05) is 6.54 Å². The first-order chi connectivity index (χ1) is 10.7. The van der Waals surface area contributed by atoms with E-state index in [1.54, 1.807) is 19.9 Å². The number of carbonyl (C=O) groups excluding carboxylic acids is 1. The van der Waals surface area contributed by atoms with Crippen molar-refractivity contribution in [3.63, 3.8) is 0 Å². The zero-order valence-electron chi connectivity index (χ0n) is 12.7. The molecule has 0 bridgehead atoms. The van der Waals surface area contributed by atoms with E-state index in [1.165, 1.54) is 12.1 Å². The molecule has 1 atom stereocenters. The van der Waals surface area contributed by atoms with Crippen molar-refractivity contribution < 1.29 is 23.1 Å². The first kappa shape index (κ1) is 17.1. The van der Waals surface area contributed by atoms with E-state index in [0.29, 0.717) is 5.69 Å². The zero-order chi connectivity index (χ0) is 17.2. The van der Waals surface area contributed by atoms with Crippen LogP contribution < -0.4 is 5.32 Å². The largest absolute Gasteiger partial charge is 0.416 e. The second-order valence-electron chi connectivity index (χ2n) is 5.36. The number of halogens is 3. The minimum Gasteiger partial charge on any atom is -0.387 e. The predicted octanol–water partition coefficient (Wildman–Crippen LogP) is 3.11. The maximum atomic E-state index is 12.7. The molecular weight excluding hydrogens is 309 g/mol. The Balaban J connectivity index is 2.04. The van der Waals surface area contributed by atoms with Gasteiger partial charge < -0.3 is 15.4 Å². The Morgan fingerprint density at radius 1 is 1.30 bits per heavy atom. The van der Waals surface area contributed by atoms with Gasteiger partial charge in [-0.2, -0.15) is 13.2 Å². The summed E-state index contributed by atoms with van der Waals surface area (Å²) in [6, 6.07) is 6.22. The van der Waals surface area contributed by atoms with E-state index in [1.807, 2.05) is 0 Å². The second-order valence-corrected chi connectivity index (χ2v) is 5.36. The van der Waals surface area contributed by atoms with Crippen molar-refractivity contribution in [1.82, 2.24) is 10.3 Å². The van der Waals surface area contributed by atoms with E-state index in [0.717, 1.165) is 23.4 Å². The van der Waals surface area contributed by atoms with Crippen LogP contribution in [-0.2, 0) is 6.18 Å². The number of aromatic amines is 1. The van der Waals surface area contributed by atoms with Crippen LogP contribution in [0.5, 0.6) is 0 Å². The number of hydrogen-bond donors (Lipinski definition) is 3. The zero-order valence-corrected chi connectivity index (χ0v) is 12.7. The SMILES string of the molecule is Cc1cc(C)c(C(=O)NCC(O)c2cccc(C(F)(F)F)c2)[nH]1. The summed E-state index contributed by atoms with van der Waals surface area (Å²) in [5.74, 6) is -0.415. The molecule has 0 saturated heterocycles. The van der Waals surface area contributed by atoms with Crippen LogP contribution in [0.25, 0.3) is 0 Å². The highest BCUT2D eigenvalue weighted by Crippen LogP contribution is 2.30. The van der Waals surface area contributed by atoms with E-state index in [-0.39, 0.29) is 12.1 Å². The lowest BCUT2D eigenvalue weighted by Crippen LogP contribution is -2.29. The van der Waals surface area contributed by atoms with Crippen LogP contribution in [-0.4, -0.2) is 22.5 Å². The molecule has 3 N–H and O–H groups in total. The summed E-state index contributed by atoms with van der Waals surface area (Å²) in [5, 5.41) is 12.5. The maximum Gasteiger partial charge on any atom is 0.416 e. The topological polar surface area (TPSA) is 65.1 Å². The second kappa shape index (κ2) is 6.45. The smallest absolute Gasteiger partial charge is 0.387 e. The molecule has 1 aromatic heterocycles. The summed E-state index contributed by atoms with van der Waals surface area (Å²) in [6.07, 6.45) is -5.70. The molecule has 2 aromatic rings. The molecule has 0 fully saturated rings. The fourth-order valence-electron chi connectivity index (χ4n) is 2.28. The van der Waals surface area contributed by atoms with Crippen LogP contribution in [0.3, 0.4) is 0 Å². The highest BCUT2D eigenvalue weighted by molar-refractivity contribution is 5.94. The van der Waals surface area contributed by atoms with E-state index < -0.39 is 23.8 Å². The molecule has 1 heterocycles. The third kappa shape index (κ3) is 4.13. The lowest BCUT2D eigenvalue weighted by molar-refractivity contribution is -0.137. The van der Waals surface area contributed by atoms with Gasteiger partial charge in [-0.05, 0) is 43.2 Å². The van der Waals surface area contributed by atoms with E-state index in [4.69, 9.17) is 0 Å². The summed E-state index contributed by atoms with van der Waals surface area (Å²) < 4.78 is 38.0. The molecule has 0 aliphatic carbocycles. The molecule has 0 aliphatic rings. The number of carbonyl (C=O) groups is 1. The van der Waals surface area contributed by atoms with Gasteiger partial charge in [-0.25, -0.2) is 0 Å². The van der Waals surface area contributed by atoms with Gasteiger partial charge in [0, 0.05) is 12.2 Å². The van der Waals surface area contributed by atoms with E-state index in [2.05, 4.69) is 10.3 Å². The Kier molecular flexibility index (Phi) is 4.79. The summed E-state index contributed by atoms with van der Waals surface area (Å²) in [7, 11) is 0. The number of benzene rings is 1. The number of aliphatic hydroxyl groups excluding tert-OH is 1. The quantitative estimate of drug-likeness (QED) is 0.808. The molecule has 7 heteroatoms. The molecule has 1 unspecified atom stereocenters. The number of alkyl halides is 3. The average Bonchev–Trinajstić information content (AvgIpc) is 2.82. The van der Waals surface area contributed by atoms with Gasteiger partial charge in [0.25, 0.3) is 5.91 Å². The van der Waals surface area contributed by atoms with Gasteiger partial charge in [-0.3, -0.25) is 4.79 Å². The molecule has 2 rings (SSSR count). The molecule has 0 aliphatic heterocycles. The predicted molar refractivity (Wildman–Crippen MR) is 79.0 cm³/mol. The summed E-state index contributed by atoms with van der Waals surface area (Å²) >= 11 is 0. The Labute approximate surface area is 131 Å². The van der Waals surface area contributed by atoms with Gasteiger partial charge in [0.1, 0.15) is 5.69 Å². The monoisotopic (exact) mass is 326 g/mol. The number of H-pyrrole nitrogens is 1. The van der Waals surface area contributed by atoms with Crippen LogP contribution in [0.1, 0.15) is 39.0 Å². The Morgan fingerprint density at radius 3 is 2.57 bits per heavy atom. The van der Waals surface area contributed by atoms with Crippen molar-refractivity contribution >= 4 is 5.91 Å². The van der Waals surface area contributed by atoms with E-state index in [9.17, 15) is 23.1 Å². The van der Waals surface area contributed by atoms with Crippen molar-refractivity contribution in [1.29, 1.82) is 0 Å². The third-order valence-electron chi connectivity index (χ3n) is 3.43. The Bertz CT molecular complexity index is 708. The number of hydrogen-bond acceptors (Lipinski definition) is 2. The molecule has 4 nitrogen and oxygen atoms in total.